The average Bonchev–Trinajstić information content (AvgIpc) is 2.22. The van der Waals surface area contributed by atoms with Gasteiger partial charge in [0.2, 0.25) is 5.78 Å². The minimum atomic E-state index is -1.29. The number of carbonyl (C=O) groups excluding carboxylic acids is 2. The molecule has 1 aliphatic rings. The van der Waals surface area contributed by atoms with Gasteiger partial charge in [0.15, 0.2) is 0 Å². The lowest BCUT2D eigenvalue weighted by Gasteiger charge is -2.30. The Hall–Kier alpha value is -0.970. The molecule has 0 amide bonds. The lowest BCUT2D eigenvalue weighted by molar-refractivity contribution is -0.135. The van der Waals surface area contributed by atoms with Gasteiger partial charge in [0, 0.05) is 6.42 Å². The Bertz CT molecular complexity index is 352. The molecule has 0 fully saturated rings. The van der Waals surface area contributed by atoms with Gasteiger partial charge in [-0.25, -0.2) is 4.79 Å². The van der Waals surface area contributed by atoms with Crippen LogP contribution in [-0.4, -0.2) is 53.1 Å². The smallest absolute Gasteiger partial charge is 0.347 e. The number of likely N-dealkylation sites (N-methyl/N-ethyl adjacent to an activating group) is 1. The van der Waals surface area contributed by atoms with Gasteiger partial charge < -0.3 is 14.7 Å². The first-order chi connectivity index (χ1) is 7.40. The molecule has 0 aromatic rings. The van der Waals surface area contributed by atoms with Crippen molar-refractivity contribution >= 4 is 21.2 Å². The SMILES string of the molecule is CN(C)C1C[C@@H](O)C(=O)C(C(=O)OP)=C1O. The van der Waals surface area contributed by atoms with Crippen LogP contribution in [0.2, 0.25) is 0 Å². The van der Waals surface area contributed by atoms with Gasteiger partial charge in [0.1, 0.15) is 17.4 Å². The minimum Gasteiger partial charge on any atom is -0.510 e. The standard InChI is InChI=1S/C9H14NO5P/c1-10(2)4-3-5(11)8(13)6(7(4)12)9(14)15-16/h4-5,11-12H,3,16H2,1-2H3/t4?,5-/m1/s1. The summed E-state index contributed by atoms with van der Waals surface area (Å²) < 4.78 is 4.32. The van der Waals surface area contributed by atoms with Crippen molar-refractivity contribution in [2.45, 2.75) is 18.6 Å². The van der Waals surface area contributed by atoms with Crippen molar-refractivity contribution in [1.29, 1.82) is 0 Å². The van der Waals surface area contributed by atoms with Crippen LogP contribution < -0.4 is 0 Å². The summed E-state index contributed by atoms with van der Waals surface area (Å²) in [6, 6.07) is -0.563. The van der Waals surface area contributed by atoms with E-state index >= 15 is 0 Å². The van der Waals surface area contributed by atoms with Crippen molar-refractivity contribution in [1.82, 2.24) is 4.90 Å². The second-order valence-electron chi connectivity index (χ2n) is 3.76. The maximum atomic E-state index is 11.5. The molecule has 2 unspecified atom stereocenters. The second-order valence-corrected chi connectivity index (χ2v) is 4.00. The molecular weight excluding hydrogens is 233 g/mol. The first kappa shape index (κ1) is 13.1. The number of hydrogen-bond acceptors (Lipinski definition) is 6. The molecule has 0 heterocycles. The first-order valence-electron chi connectivity index (χ1n) is 4.63. The molecule has 1 rings (SSSR count). The molecule has 16 heavy (non-hydrogen) atoms. The molecule has 0 radical (unpaired) electrons. The van der Waals surface area contributed by atoms with Crippen LogP contribution in [0, 0.1) is 0 Å². The topological polar surface area (TPSA) is 87.1 Å². The lowest BCUT2D eigenvalue weighted by Crippen LogP contribution is -2.43. The molecule has 3 atom stereocenters. The van der Waals surface area contributed by atoms with Gasteiger partial charge in [-0.3, -0.25) is 9.69 Å². The fraction of sp³-hybridized carbons (Fsp3) is 0.556. The van der Waals surface area contributed by atoms with Gasteiger partial charge >= 0.3 is 5.97 Å². The Morgan fingerprint density at radius 2 is 2.12 bits per heavy atom. The lowest BCUT2D eigenvalue weighted by atomic mass is 9.89. The average molecular weight is 247 g/mol. The molecule has 7 heteroatoms. The number of nitrogens with zero attached hydrogens (tertiary/aromatic N) is 1. The first-order valence-corrected chi connectivity index (χ1v) is 5.10. The maximum Gasteiger partial charge on any atom is 0.347 e. The molecule has 0 bridgehead atoms. The molecule has 1 aliphatic carbocycles. The third-order valence-corrected chi connectivity index (χ3v) is 2.72. The normalized spacial score (nSPS) is 26.2. The van der Waals surface area contributed by atoms with Crippen molar-refractivity contribution in [2.75, 3.05) is 14.1 Å². The van der Waals surface area contributed by atoms with Gasteiger partial charge in [-0.15, -0.1) is 0 Å². The number of carbonyl (C=O) groups is 2. The molecule has 6 nitrogen and oxygen atoms in total. The van der Waals surface area contributed by atoms with Gasteiger partial charge in [0.25, 0.3) is 0 Å². The molecule has 0 aromatic carbocycles. The zero-order chi connectivity index (χ0) is 12.5. The van der Waals surface area contributed by atoms with E-state index in [2.05, 4.69) is 4.52 Å². The Morgan fingerprint density at radius 3 is 2.56 bits per heavy atom. The van der Waals surface area contributed by atoms with Crippen molar-refractivity contribution in [3.8, 4) is 0 Å². The van der Waals surface area contributed by atoms with Gasteiger partial charge in [0.05, 0.1) is 15.5 Å². The van der Waals surface area contributed by atoms with Crippen LogP contribution in [0.3, 0.4) is 0 Å². The summed E-state index contributed by atoms with van der Waals surface area (Å²) in [4.78, 5) is 24.4. The van der Waals surface area contributed by atoms with Crippen LogP contribution in [0.25, 0.3) is 0 Å². The zero-order valence-electron chi connectivity index (χ0n) is 9.01. The fourth-order valence-electron chi connectivity index (χ4n) is 1.61. The van der Waals surface area contributed by atoms with Crippen molar-refractivity contribution in [2.24, 2.45) is 0 Å². The largest absolute Gasteiger partial charge is 0.510 e. The van der Waals surface area contributed by atoms with Crippen molar-refractivity contribution in [3.05, 3.63) is 11.3 Å². The molecule has 0 spiro atoms. The van der Waals surface area contributed by atoms with Gasteiger partial charge in [-0.2, -0.15) is 0 Å². The highest BCUT2D eigenvalue weighted by Gasteiger charge is 2.39. The summed E-state index contributed by atoms with van der Waals surface area (Å²) in [5.41, 5.74) is -0.479. The van der Waals surface area contributed by atoms with E-state index < -0.39 is 29.5 Å². The summed E-state index contributed by atoms with van der Waals surface area (Å²) in [6.45, 7) is 0. The number of Topliss-reactive ketones (excluding diaryl/α,β-unsaturated/α-hetero) is 1. The summed E-state index contributed by atoms with van der Waals surface area (Å²) >= 11 is 0. The summed E-state index contributed by atoms with van der Waals surface area (Å²) in [6.07, 6.45) is -1.23. The van der Waals surface area contributed by atoms with E-state index in [9.17, 15) is 19.8 Å². The van der Waals surface area contributed by atoms with Gasteiger partial charge in [-0.05, 0) is 14.1 Å². The van der Waals surface area contributed by atoms with Crippen LogP contribution in [0.4, 0.5) is 0 Å². The number of aliphatic hydroxyl groups excluding tert-OH is 2. The van der Waals surface area contributed by atoms with Crippen molar-refractivity contribution < 1.29 is 24.3 Å². The molecule has 0 aliphatic heterocycles. The van der Waals surface area contributed by atoms with E-state index in [0.29, 0.717) is 0 Å². The van der Waals surface area contributed by atoms with Gasteiger partial charge in [-0.1, -0.05) is 0 Å². The Kier molecular flexibility index (Phi) is 4.02. The zero-order valence-corrected chi connectivity index (χ0v) is 10.2. The minimum absolute atomic E-state index is 0.0608. The summed E-state index contributed by atoms with van der Waals surface area (Å²) in [5, 5.41) is 19.3. The fourth-order valence-corrected chi connectivity index (χ4v) is 1.73. The predicted octanol–water partition coefficient (Wildman–Crippen LogP) is -0.604. The number of hydrogen-bond donors (Lipinski definition) is 2. The van der Waals surface area contributed by atoms with E-state index in [1.807, 2.05) is 0 Å². The predicted molar refractivity (Wildman–Crippen MR) is 58.6 cm³/mol. The van der Waals surface area contributed by atoms with E-state index in [4.69, 9.17) is 0 Å². The second kappa shape index (κ2) is 4.91. The molecule has 0 saturated heterocycles. The number of rotatable bonds is 2. The maximum absolute atomic E-state index is 11.5. The number of ketones is 1. The molecule has 90 valence electrons. The van der Waals surface area contributed by atoms with Crippen LogP contribution in [0.5, 0.6) is 0 Å². The van der Waals surface area contributed by atoms with Crippen LogP contribution >= 0.6 is 9.47 Å². The van der Waals surface area contributed by atoms with E-state index in [1.165, 1.54) is 0 Å². The molecule has 0 aromatic heterocycles. The Labute approximate surface area is 95.2 Å². The van der Waals surface area contributed by atoms with Crippen LogP contribution in [-0.2, 0) is 14.1 Å². The highest BCUT2D eigenvalue weighted by molar-refractivity contribution is 7.10. The summed E-state index contributed by atoms with van der Waals surface area (Å²) in [5.74, 6) is -2.12. The highest BCUT2D eigenvalue weighted by atomic mass is 31.0. The quantitative estimate of drug-likeness (QED) is 0.500. The van der Waals surface area contributed by atoms with E-state index in [1.54, 1.807) is 28.5 Å². The summed E-state index contributed by atoms with van der Waals surface area (Å²) in [7, 11) is 5.05. The van der Waals surface area contributed by atoms with Crippen LogP contribution in [0.1, 0.15) is 6.42 Å². The Balaban J connectivity index is 3.19. The molecule has 0 saturated carbocycles. The third-order valence-electron chi connectivity index (χ3n) is 2.50. The molecular formula is C9H14NO5P. The van der Waals surface area contributed by atoms with E-state index in [0.717, 1.165) is 0 Å². The molecule has 2 N–H and O–H groups in total. The monoisotopic (exact) mass is 247 g/mol. The number of aliphatic hydroxyl groups is 2. The van der Waals surface area contributed by atoms with Crippen LogP contribution in [0.15, 0.2) is 11.3 Å². The van der Waals surface area contributed by atoms with E-state index in [-0.39, 0.29) is 12.2 Å². The Morgan fingerprint density at radius 1 is 1.56 bits per heavy atom. The highest BCUT2D eigenvalue weighted by Crippen LogP contribution is 2.25. The third kappa shape index (κ3) is 2.24. The van der Waals surface area contributed by atoms with Crippen molar-refractivity contribution in [3.63, 3.8) is 0 Å².